The fraction of sp³-hybridized carbons (Fsp3) is 1.00. The molecule has 0 amide bonds. The zero-order valence-corrected chi connectivity index (χ0v) is 12.5. The molecule has 0 aromatic rings. The normalized spacial score (nSPS) is 15.0. The molecule has 0 aromatic carbocycles. The molecule has 0 aliphatic heterocycles. The predicted octanol–water partition coefficient (Wildman–Crippen LogP) is 1.96. The molecule has 0 fully saturated rings. The third-order valence-corrected chi connectivity index (χ3v) is 2.72. The fourth-order valence-corrected chi connectivity index (χ4v) is 1.92. The number of hydrogen-bond acceptors (Lipinski definition) is 4. The lowest BCUT2D eigenvalue weighted by molar-refractivity contribution is 0.0427. The lowest BCUT2D eigenvalue weighted by Crippen LogP contribution is -2.49. The van der Waals surface area contributed by atoms with Crippen molar-refractivity contribution < 1.29 is 14.6 Å². The molecule has 0 spiro atoms. The molecule has 2 N–H and O–H groups in total. The van der Waals surface area contributed by atoms with E-state index in [1.54, 1.807) is 0 Å². The van der Waals surface area contributed by atoms with Gasteiger partial charge < -0.3 is 19.9 Å². The van der Waals surface area contributed by atoms with Crippen molar-refractivity contribution in [3.63, 3.8) is 0 Å². The van der Waals surface area contributed by atoms with E-state index in [0.717, 1.165) is 32.5 Å². The van der Waals surface area contributed by atoms with Crippen LogP contribution in [0.25, 0.3) is 0 Å². The van der Waals surface area contributed by atoms with Crippen molar-refractivity contribution in [1.82, 2.24) is 5.32 Å². The van der Waals surface area contributed by atoms with Gasteiger partial charge in [0.1, 0.15) is 0 Å². The maximum atomic E-state index is 9.41. The van der Waals surface area contributed by atoms with Gasteiger partial charge in [0.25, 0.3) is 0 Å². The monoisotopic (exact) mass is 261 g/mol. The first-order chi connectivity index (χ1) is 8.54. The maximum absolute atomic E-state index is 9.41. The van der Waals surface area contributed by atoms with Crippen LogP contribution in [0.1, 0.15) is 47.0 Å². The summed E-state index contributed by atoms with van der Waals surface area (Å²) >= 11 is 0. The Hall–Kier alpha value is -0.160. The molecule has 0 aliphatic carbocycles. The summed E-state index contributed by atoms with van der Waals surface area (Å²) in [5.41, 5.74) is -0.198. The Labute approximate surface area is 112 Å². The lowest BCUT2D eigenvalue weighted by Gasteiger charge is -2.31. The molecular formula is C14H31NO3. The summed E-state index contributed by atoms with van der Waals surface area (Å²) in [5, 5.41) is 12.8. The molecule has 0 aliphatic rings. The van der Waals surface area contributed by atoms with E-state index in [2.05, 4.69) is 33.0 Å². The van der Waals surface area contributed by atoms with Crippen LogP contribution >= 0.6 is 0 Å². The molecule has 4 heteroatoms. The number of aliphatic hydroxyl groups excluding tert-OH is 1. The van der Waals surface area contributed by atoms with E-state index in [-0.39, 0.29) is 12.1 Å². The van der Waals surface area contributed by atoms with E-state index in [0.29, 0.717) is 19.3 Å². The smallest absolute Gasteiger partial charge is 0.0700 e. The highest BCUT2D eigenvalue weighted by molar-refractivity contribution is 4.83. The molecule has 0 aromatic heterocycles. The minimum Gasteiger partial charge on any atom is -0.394 e. The van der Waals surface area contributed by atoms with E-state index >= 15 is 0 Å². The highest BCUT2D eigenvalue weighted by Gasteiger charge is 2.22. The molecule has 1 unspecified atom stereocenters. The Kier molecular flexibility index (Phi) is 10.6. The van der Waals surface area contributed by atoms with Gasteiger partial charge in [0.05, 0.1) is 19.8 Å². The van der Waals surface area contributed by atoms with Gasteiger partial charge in [-0.2, -0.15) is 0 Å². The van der Waals surface area contributed by atoms with E-state index in [1.807, 2.05) is 0 Å². The molecule has 4 nitrogen and oxygen atoms in total. The Bertz CT molecular complexity index is 188. The summed E-state index contributed by atoms with van der Waals surface area (Å²) in [6.07, 6.45) is 2.91. The van der Waals surface area contributed by atoms with Crippen molar-refractivity contribution in [3.05, 3.63) is 0 Å². The van der Waals surface area contributed by atoms with Crippen molar-refractivity contribution in [2.75, 3.05) is 33.0 Å². The highest BCUT2D eigenvalue weighted by atomic mass is 16.5. The standard InChI is InChI=1S/C14H31NO3/c1-5-8-17-10-11-18-9-6-7-14(4,12-16)15-13(2)3/h13,15-16H,5-12H2,1-4H3. The van der Waals surface area contributed by atoms with Crippen molar-refractivity contribution in [2.45, 2.75) is 58.5 Å². The Morgan fingerprint density at radius 1 is 1.11 bits per heavy atom. The van der Waals surface area contributed by atoms with Crippen LogP contribution in [0.3, 0.4) is 0 Å². The number of nitrogens with one attached hydrogen (secondary N) is 1. The SMILES string of the molecule is CCCOCCOCCCC(C)(CO)NC(C)C. The summed E-state index contributed by atoms with van der Waals surface area (Å²) in [4.78, 5) is 0. The summed E-state index contributed by atoms with van der Waals surface area (Å²) in [6.45, 7) is 11.4. The summed E-state index contributed by atoms with van der Waals surface area (Å²) in [7, 11) is 0. The molecule has 0 radical (unpaired) electrons. The molecule has 0 saturated heterocycles. The van der Waals surface area contributed by atoms with Crippen molar-refractivity contribution in [2.24, 2.45) is 0 Å². The number of aliphatic hydroxyl groups is 1. The number of ether oxygens (including phenoxy) is 2. The zero-order valence-electron chi connectivity index (χ0n) is 12.5. The minimum atomic E-state index is -0.198. The van der Waals surface area contributed by atoms with Gasteiger partial charge in [-0.25, -0.2) is 0 Å². The van der Waals surface area contributed by atoms with E-state index in [4.69, 9.17) is 9.47 Å². The van der Waals surface area contributed by atoms with Gasteiger partial charge in [0.2, 0.25) is 0 Å². The first kappa shape index (κ1) is 17.8. The van der Waals surface area contributed by atoms with Crippen LogP contribution in [-0.4, -0.2) is 49.7 Å². The maximum Gasteiger partial charge on any atom is 0.0700 e. The van der Waals surface area contributed by atoms with Crippen LogP contribution in [0, 0.1) is 0 Å². The Morgan fingerprint density at radius 3 is 2.22 bits per heavy atom. The van der Waals surface area contributed by atoms with Crippen LogP contribution < -0.4 is 5.32 Å². The van der Waals surface area contributed by atoms with Crippen LogP contribution in [-0.2, 0) is 9.47 Å². The van der Waals surface area contributed by atoms with Crippen molar-refractivity contribution in [1.29, 1.82) is 0 Å². The van der Waals surface area contributed by atoms with Gasteiger partial charge in [0, 0.05) is 24.8 Å². The third-order valence-electron chi connectivity index (χ3n) is 2.72. The van der Waals surface area contributed by atoms with Gasteiger partial charge in [-0.05, 0) is 26.2 Å². The molecule has 1 atom stereocenters. The number of rotatable bonds is 12. The molecule has 18 heavy (non-hydrogen) atoms. The molecule has 0 rings (SSSR count). The largest absolute Gasteiger partial charge is 0.394 e. The second-order valence-corrected chi connectivity index (χ2v) is 5.35. The number of hydrogen-bond donors (Lipinski definition) is 2. The van der Waals surface area contributed by atoms with E-state index < -0.39 is 0 Å². The second-order valence-electron chi connectivity index (χ2n) is 5.35. The molecule has 0 bridgehead atoms. The first-order valence-corrected chi connectivity index (χ1v) is 7.08. The molecule has 110 valence electrons. The zero-order chi connectivity index (χ0) is 13.9. The Balaban J connectivity index is 3.50. The topological polar surface area (TPSA) is 50.7 Å². The predicted molar refractivity (Wildman–Crippen MR) is 74.9 cm³/mol. The average Bonchev–Trinajstić information content (AvgIpc) is 2.32. The van der Waals surface area contributed by atoms with E-state index in [9.17, 15) is 5.11 Å². The van der Waals surface area contributed by atoms with Gasteiger partial charge >= 0.3 is 0 Å². The van der Waals surface area contributed by atoms with Crippen molar-refractivity contribution >= 4 is 0 Å². The Morgan fingerprint density at radius 2 is 1.72 bits per heavy atom. The third kappa shape index (κ3) is 9.83. The average molecular weight is 261 g/mol. The van der Waals surface area contributed by atoms with E-state index in [1.165, 1.54) is 0 Å². The van der Waals surface area contributed by atoms with Crippen LogP contribution in [0.15, 0.2) is 0 Å². The summed E-state index contributed by atoms with van der Waals surface area (Å²) < 4.78 is 10.8. The van der Waals surface area contributed by atoms with Gasteiger partial charge in [-0.1, -0.05) is 20.8 Å². The van der Waals surface area contributed by atoms with Crippen LogP contribution in [0.5, 0.6) is 0 Å². The van der Waals surface area contributed by atoms with Crippen LogP contribution in [0.2, 0.25) is 0 Å². The van der Waals surface area contributed by atoms with Crippen molar-refractivity contribution in [3.8, 4) is 0 Å². The fourth-order valence-electron chi connectivity index (χ4n) is 1.92. The summed E-state index contributed by atoms with van der Waals surface area (Å²) in [5.74, 6) is 0. The molecule has 0 saturated carbocycles. The highest BCUT2D eigenvalue weighted by Crippen LogP contribution is 2.12. The molecular weight excluding hydrogens is 230 g/mol. The van der Waals surface area contributed by atoms with Crippen LogP contribution in [0.4, 0.5) is 0 Å². The van der Waals surface area contributed by atoms with Gasteiger partial charge in [0.15, 0.2) is 0 Å². The lowest BCUT2D eigenvalue weighted by atomic mass is 9.96. The minimum absolute atomic E-state index is 0.158. The quantitative estimate of drug-likeness (QED) is 0.527. The second kappa shape index (κ2) is 10.7. The molecule has 0 heterocycles. The van der Waals surface area contributed by atoms with Gasteiger partial charge in [-0.15, -0.1) is 0 Å². The first-order valence-electron chi connectivity index (χ1n) is 7.08. The van der Waals surface area contributed by atoms with Gasteiger partial charge in [-0.3, -0.25) is 0 Å². The summed E-state index contributed by atoms with van der Waals surface area (Å²) in [6, 6.07) is 0.380.